The number of nitrogens with zero attached hydrogens (tertiary/aromatic N) is 1. The normalized spacial score (nSPS) is 11.4. The molecular formula is C19H17F2N3O3S2. The topological polar surface area (TPSA) is 88.2 Å². The third-order valence-corrected chi connectivity index (χ3v) is 6.21. The molecule has 0 unspecified atom stereocenters. The van der Waals surface area contributed by atoms with Gasteiger partial charge in [-0.3, -0.25) is 4.79 Å². The van der Waals surface area contributed by atoms with Crippen molar-refractivity contribution in [3.8, 4) is 11.3 Å². The molecule has 0 spiro atoms. The van der Waals surface area contributed by atoms with Gasteiger partial charge in [0.25, 0.3) is 0 Å². The predicted molar refractivity (Wildman–Crippen MR) is 106 cm³/mol. The van der Waals surface area contributed by atoms with Crippen molar-refractivity contribution in [2.75, 3.05) is 6.54 Å². The lowest BCUT2D eigenvalue weighted by Gasteiger charge is -2.07. The summed E-state index contributed by atoms with van der Waals surface area (Å²) in [6, 6.07) is 11.9. The van der Waals surface area contributed by atoms with Crippen LogP contribution in [0, 0.1) is 11.6 Å². The summed E-state index contributed by atoms with van der Waals surface area (Å²) in [5.74, 6) is -2.76. The maximum absolute atomic E-state index is 13.2. The van der Waals surface area contributed by atoms with Gasteiger partial charge in [-0.1, -0.05) is 30.3 Å². The zero-order valence-electron chi connectivity index (χ0n) is 15.1. The summed E-state index contributed by atoms with van der Waals surface area (Å²) >= 11 is 1.41. The van der Waals surface area contributed by atoms with Crippen molar-refractivity contribution in [3.05, 3.63) is 70.6 Å². The highest BCUT2D eigenvalue weighted by molar-refractivity contribution is 7.89. The van der Waals surface area contributed by atoms with Crippen LogP contribution in [0.4, 0.5) is 8.78 Å². The maximum atomic E-state index is 13.2. The fourth-order valence-corrected chi connectivity index (χ4v) is 4.21. The van der Waals surface area contributed by atoms with E-state index in [-0.39, 0.29) is 25.4 Å². The minimum absolute atomic E-state index is 0.111. The molecule has 3 aromatic rings. The van der Waals surface area contributed by atoms with Crippen molar-refractivity contribution in [1.29, 1.82) is 0 Å². The summed E-state index contributed by atoms with van der Waals surface area (Å²) in [4.78, 5) is 16.0. The largest absolute Gasteiger partial charge is 0.350 e. The van der Waals surface area contributed by atoms with Crippen LogP contribution >= 0.6 is 11.3 Å². The van der Waals surface area contributed by atoms with E-state index < -0.39 is 26.6 Å². The summed E-state index contributed by atoms with van der Waals surface area (Å²) in [5, 5.41) is 5.29. The van der Waals surface area contributed by atoms with Crippen molar-refractivity contribution in [1.82, 2.24) is 15.0 Å². The molecule has 152 valence electrons. The molecule has 0 bridgehead atoms. The molecule has 29 heavy (non-hydrogen) atoms. The smallest absolute Gasteiger partial charge is 0.240 e. The van der Waals surface area contributed by atoms with E-state index in [1.54, 1.807) is 0 Å². The third-order valence-electron chi connectivity index (χ3n) is 3.90. The van der Waals surface area contributed by atoms with Crippen molar-refractivity contribution in [3.63, 3.8) is 0 Å². The number of rotatable bonds is 8. The van der Waals surface area contributed by atoms with E-state index in [1.807, 2.05) is 35.7 Å². The fraction of sp³-hybridized carbons (Fsp3) is 0.158. The number of amides is 1. The Morgan fingerprint density at radius 3 is 2.55 bits per heavy atom. The number of benzene rings is 2. The second-order valence-electron chi connectivity index (χ2n) is 5.99. The molecule has 0 aliphatic heterocycles. The molecule has 0 fully saturated rings. The molecular weight excluding hydrogens is 420 g/mol. The maximum Gasteiger partial charge on any atom is 0.240 e. The Bertz CT molecular complexity index is 1100. The van der Waals surface area contributed by atoms with E-state index in [4.69, 9.17) is 0 Å². The molecule has 1 amide bonds. The molecule has 10 heteroatoms. The number of carbonyl (C=O) groups excluding carboxylic acids is 1. The van der Waals surface area contributed by atoms with Crippen LogP contribution in [0.1, 0.15) is 11.4 Å². The standard InChI is InChI=1S/C19H17F2N3O3S2/c20-15-7-6-14(10-16(15)21)29(26,27)23-9-8-18(25)22-11-19-24-17(12-28-19)13-4-2-1-3-5-13/h1-7,10,12,23H,8-9,11H2,(H,22,25). The van der Waals surface area contributed by atoms with Gasteiger partial charge >= 0.3 is 0 Å². The van der Waals surface area contributed by atoms with Gasteiger partial charge in [-0.25, -0.2) is 26.9 Å². The molecule has 0 saturated carbocycles. The highest BCUT2D eigenvalue weighted by atomic mass is 32.2. The van der Waals surface area contributed by atoms with E-state index in [2.05, 4.69) is 15.0 Å². The molecule has 0 atom stereocenters. The van der Waals surface area contributed by atoms with Crippen LogP contribution in [0.2, 0.25) is 0 Å². The lowest BCUT2D eigenvalue weighted by molar-refractivity contribution is -0.121. The molecule has 1 heterocycles. The second kappa shape index (κ2) is 9.21. The average molecular weight is 437 g/mol. The number of carbonyl (C=O) groups is 1. The van der Waals surface area contributed by atoms with Gasteiger partial charge in [0.1, 0.15) is 5.01 Å². The van der Waals surface area contributed by atoms with Gasteiger partial charge < -0.3 is 5.32 Å². The number of halogens is 2. The van der Waals surface area contributed by atoms with Crippen molar-refractivity contribution in [2.24, 2.45) is 0 Å². The van der Waals surface area contributed by atoms with E-state index in [1.165, 1.54) is 11.3 Å². The first-order valence-electron chi connectivity index (χ1n) is 8.56. The lowest BCUT2D eigenvalue weighted by atomic mass is 10.2. The van der Waals surface area contributed by atoms with Crippen LogP contribution in [-0.2, 0) is 21.4 Å². The highest BCUT2D eigenvalue weighted by Gasteiger charge is 2.16. The number of thiazole rings is 1. The number of hydrogen-bond donors (Lipinski definition) is 2. The van der Waals surface area contributed by atoms with Crippen molar-refractivity contribution < 1.29 is 22.0 Å². The van der Waals surface area contributed by atoms with Gasteiger partial charge in [0, 0.05) is 23.9 Å². The van der Waals surface area contributed by atoms with E-state index >= 15 is 0 Å². The summed E-state index contributed by atoms with van der Waals surface area (Å²) in [5.41, 5.74) is 1.80. The van der Waals surface area contributed by atoms with Crippen molar-refractivity contribution in [2.45, 2.75) is 17.9 Å². The van der Waals surface area contributed by atoms with Crippen LogP contribution in [0.5, 0.6) is 0 Å². The molecule has 0 aliphatic rings. The fourth-order valence-electron chi connectivity index (χ4n) is 2.42. The Kier molecular flexibility index (Phi) is 6.68. The van der Waals surface area contributed by atoms with Crippen LogP contribution in [0.25, 0.3) is 11.3 Å². The zero-order chi connectivity index (χ0) is 20.9. The SMILES string of the molecule is O=C(CCNS(=O)(=O)c1ccc(F)c(F)c1)NCc1nc(-c2ccccc2)cs1. The van der Waals surface area contributed by atoms with E-state index in [0.29, 0.717) is 6.07 Å². The van der Waals surface area contributed by atoms with Crippen LogP contribution in [-0.4, -0.2) is 25.9 Å². The Morgan fingerprint density at radius 2 is 1.83 bits per heavy atom. The molecule has 3 rings (SSSR count). The van der Waals surface area contributed by atoms with Gasteiger partial charge in [-0.2, -0.15) is 0 Å². The third kappa shape index (κ3) is 5.66. The minimum Gasteiger partial charge on any atom is -0.350 e. The Labute approximate surface area is 170 Å². The summed E-state index contributed by atoms with van der Waals surface area (Å²) in [7, 11) is -4.04. The van der Waals surface area contributed by atoms with Gasteiger partial charge in [-0.15, -0.1) is 11.3 Å². The van der Waals surface area contributed by atoms with Crippen LogP contribution < -0.4 is 10.0 Å². The molecule has 2 N–H and O–H groups in total. The first-order valence-corrected chi connectivity index (χ1v) is 10.9. The summed E-state index contributed by atoms with van der Waals surface area (Å²) in [6.45, 7) is 0.0482. The molecule has 0 aliphatic carbocycles. The summed E-state index contributed by atoms with van der Waals surface area (Å²) in [6.07, 6.45) is -0.111. The van der Waals surface area contributed by atoms with Gasteiger partial charge in [0.2, 0.25) is 15.9 Å². The second-order valence-corrected chi connectivity index (χ2v) is 8.70. The minimum atomic E-state index is -4.04. The molecule has 2 aromatic carbocycles. The quantitative estimate of drug-likeness (QED) is 0.567. The lowest BCUT2D eigenvalue weighted by Crippen LogP contribution is -2.30. The molecule has 0 radical (unpaired) electrons. The average Bonchev–Trinajstić information content (AvgIpc) is 3.18. The van der Waals surface area contributed by atoms with Gasteiger partial charge in [0.05, 0.1) is 17.1 Å². The zero-order valence-corrected chi connectivity index (χ0v) is 16.7. The first kappa shape index (κ1) is 21.0. The van der Waals surface area contributed by atoms with Gasteiger partial charge in [-0.05, 0) is 18.2 Å². The predicted octanol–water partition coefficient (Wildman–Crippen LogP) is 3.07. The number of sulfonamides is 1. The number of hydrogen-bond acceptors (Lipinski definition) is 5. The Hall–Kier alpha value is -2.69. The monoisotopic (exact) mass is 437 g/mol. The number of nitrogens with one attached hydrogen (secondary N) is 2. The molecule has 1 aromatic heterocycles. The molecule has 0 saturated heterocycles. The van der Waals surface area contributed by atoms with Crippen molar-refractivity contribution >= 4 is 27.3 Å². The van der Waals surface area contributed by atoms with Crippen LogP contribution in [0.3, 0.4) is 0 Å². The van der Waals surface area contributed by atoms with E-state index in [0.717, 1.165) is 28.4 Å². The highest BCUT2D eigenvalue weighted by Crippen LogP contribution is 2.21. The first-order chi connectivity index (χ1) is 13.8. The van der Waals surface area contributed by atoms with Crippen LogP contribution in [0.15, 0.2) is 58.8 Å². The molecule has 6 nitrogen and oxygen atoms in total. The summed E-state index contributed by atoms with van der Waals surface area (Å²) < 4.78 is 52.4. The van der Waals surface area contributed by atoms with Gasteiger partial charge in [0.15, 0.2) is 11.6 Å². The number of aromatic nitrogens is 1. The Morgan fingerprint density at radius 1 is 1.07 bits per heavy atom. The van der Waals surface area contributed by atoms with E-state index in [9.17, 15) is 22.0 Å². The Balaban J connectivity index is 1.47.